The average Bonchev–Trinajstić information content (AvgIpc) is 2.76. The van der Waals surface area contributed by atoms with Crippen molar-refractivity contribution in [3.8, 4) is 0 Å². The molecule has 0 bridgehead atoms. The number of hydrogen-bond donors (Lipinski definition) is 1. The number of thioether (sulfide) groups is 1. The van der Waals surface area contributed by atoms with E-state index in [2.05, 4.69) is 27.0 Å². The summed E-state index contributed by atoms with van der Waals surface area (Å²) in [6, 6.07) is 0.618. The SMILES string of the molecule is CCNC(CSc1nnc(C)n1C)C1CCCCC1. The minimum atomic E-state index is 0.618. The summed E-state index contributed by atoms with van der Waals surface area (Å²) in [5.41, 5.74) is 0. The van der Waals surface area contributed by atoms with Crippen molar-refractivity contribution in [2.45, 2.75) is 57.1 Å². The first-order valence-corrected chi connectivity index (χ1v) is 8.43. The van der Waals surface area contributed by atoms with E-state index in [4.69, 9.17) is 0 Å². The monoisotopic (exact) mass is 282 g/mol. The van der Waals surface area contributed by atoms with Gasteiger partial charge in [0.15, 0.2) is 5.16 Å². The van der Waals surface area contributed by atoms with Gasteiger partial charge in [0, 0.05) is 18.8 Å². The lowest BCUT2D eigenvalue weighted by atomic mass is 9.84. The van der Waals surface area contributed by atoms with Crippen LogP contribution in [0.3, 0.4) is 0 Å². The van der Waals surface area contributed by atoms with Crippen LogP contribution in [0.4, 0.5) is 0 Å². The molecular weight excluding hydrogens is 256 g/mol. The van der Waals surface area contributed by atoms with Crippen LogP contribution in [0.5, 0.6) is 0 Å². The lowest BCUT2D eigenvalue weighted by molar-refractivity contribution is 0.288. The van der Waals surface area contributed by atoms with Gasteiger partial charge in [0.05, 0.1) is 0 Å². The van der Waals surface area contributed by atoms with Crippen LogP contribution in [0, 0.1) is 12.8 Å². The highest BCUT2D eigenvalue weighted by Crippen LogP contribution is 2.29. The van der Waals surface area contributed by atoms with Crippen molar-refractivity contribution in [2.24, 2.45) is 13.0 Å². The molecule has 1 aromatic rings. The zero-order valence-corrected chi connectivity index (χ0v) is 13.2. The fraction of sp³-hybridized carbons (Fsp3) is 0.857. The van der Waals surface area contributed by atoms with E-state index in [9.17, 15) is 0 Å². The standard InChI is InChI=1S/C14H26N4S/c1-4-15-13(12-8-6-5-7-9-12)10-19-14-17-16-11(2)18(14)3/h12-13,15H,4-10H2,1-3H3. The topological polar surface area (TPSA) is 42.7 Å². The Morgan fingerprint density at radius 1 is 1.32 bits per heavy atom. The van der Waals surface area contributed by atoms with Crippen LogP contribution < -0.4 is 5.32 Å². The molecule has 1 fully saturated rings. The zero-order chi connectivity index (χ0) is 13.7. The molecular formula is C14H26N4S. The fourth-order valence-corrected chi connectivity index (χ4v) is 3.98. The molecule has 0 radical (unpaired) electrons. The van der Waals surface area contributed by atoms with Crippen LogP contribution >= 0.6 is 11.8 Å². The van der Waals surface area contributed by atoms with E-state index in [1.807, 2.05) is 25.7 Å². The van der Waals surface area contributed by atoms with Gasteiger partial charge in [-0.1, -0.05) is 37.9 Å². The Balaban J connectivity index is 1.90. The maximum atomic E-state index is 4.24. The lowest BCUT2D eigenvalue weighted by Crippen LogP contribution is -2.39. The Morgan fingerprint density at radius 2 is 2.05 bits per heavy atom. The highest BCUT2D eigenvalue weighted by atomic mass is 32.2. The van der Waals surface area contributed by atoms with Gasteiger partial charge in [0.25, 0.3) is 0 Å². The van der Waals surface area contributed by atoms with E-state index < -0.39 is 0 Å². The molecule has 0 saturated heterocycles. The first kappa shape index (κ1) is 14.9. The maximum absolute atomic E-state index is 4.24. The summed E-state index contributed by atoms with van der Waals surface area (Å²) >= 11 is 1.84. The normalized spacial score (nSPS) is 18.7. The first-order chi connectivity index (χ1) is 9.22. The van der Waals surface area contributed by atoms with Gasteiger partial charge in [-0.15, -0.1) is 10.2 Å². The average molecular weight is 282 g/mol. The summed E-state index contributed by atoms with van der Waals surface area (Å²) in [5, 5.41) is 13.1. The molecule has 108 valence electrons. The molecule has 0 aliphatic heterocycles. The third-order valence-corrected chi connectivity index (χ3v) is 5.27. The smallest absolute Gasteiger partial charge is 0.190 e. The van der Waals surface area contributed by atoms with Gasteiger partial charge < -0.3 is 9.88 Å². The number of nitrogens with zero attached hydrogens (tertiary/aromatic N) is 3. The molecule has 2 rings (SSSR count). The van der Waals surface area contributed by atoms with Crippen LogP contribution in [-0.2, 0) is 7.05 Å². The molecule has 0 amide bonds. The molecule has 1 N–H and O–H groups in total. The van der Waals surface area contributed by atoms with Crippen LogP contribution in [-0.4, -0.2) is 33.1 Å². The molecule has 1 aliphatic rings. The van der Waals surface area contributed by atoms with Crippen LogP contribution in [0.2, 0.25) is 0 Å². The molecule has 5 heteroatoms. The number of nitrogens with one attached hydrogen (secondary N) is 1. The van der Waals surface area contributed by atoms with Gasteiger partial charge in [-0.2, -0.15) is 0 Å². The highest BCUT2D eigenvalue weighted by Gasteiger charge is 2.23. The Kier molecular flexibility index (Phi) is 5.70. The van der Waals surface area contributed by atoms with Crippen molar-refractivity contribution in [2.75, 3.05) is 12.3 Å². The van der Waals surface area contributed by atoms with Gasteiger partial charge in [-0.25, -0.2) is 0 Å². The predicted octanol–water partition coefficient (Wildman–Crippen LogP) is 2.77. The van der Waals surface area contributed by atoms with Crippen LogP contribution in [0.15, 0.2) is 5.16 Å². The largest absolute Gasteiger partial charge is 0.313 e. The summed E-state index contributed by atoms with van der Waals surface area (Å²) in [7, 11) is 2.04. The Labute approximate surface area is 120 Å². The summed E-state index contributed by atoms with van der Waals surface area (Å²) in [5.74, 6) is 2.93. The number of hydrogen-bond acceptors (Lipinski definition) is 4. The molecule has 1 aliphatic carbocycles. The number of aromatic nitrogens is 3. The van der Waals surface area contributed by atoms with Crippen molar-refractivity contribution in [1.82, 2.24) is 20.1 Å². The van der Waals surface area contributed by atoms with Gasteiger partial charge in [0.1, 0.15) is 5.82 Å². The summed E-state index contributed by atoms with van der Waals surface area (Å²) in [6.07, 6.45) is 7.00. The maximum Gasteiger partial charge on any atom is 0.190 e. The van der Waals surface area contributed by atoms with E-state index in [1.54, 1.807) is 0 Å². The van der Waals surface area contributed by atoms with Gasteiger partial charge in [-0.3, -0.25) is 0 Å². The molecule has 4 nitrogen and oxygen atoms in total. The fourth-order valence-electron chi connectivity index (χ4n) is 2.84. The van der Waals surface area contributed by atoms with Crippen LogP contribution in [0.1, 0.15) is 44.9 Å². The molecule has 1 heterocycles. The van der Waals surface area contributed by atoms with E-state index in [-0.39, 0.29) is 0 Å². The van der Waals surface area contributed by atoms with Gasteiger partial charge in [0.2, 0.25) is 0 Å². The van der Waals surface area contributed by atoms with E-state index in [0.29, 0.717) is 6.04 Å². The van der Waals surface area contributed by atoms with E-state index >= 15 is 0 Å². The second kappa shape index (κ2) is 7.29. The second-order valence-corrected chi connectivity index (χ2v) is 6.45. The minimum absolute atomic E-state index is 0.618. The first-order valence-electron chi connectivity index (χ1n) is 7.44. The quantitative estimate of drug-likeness (QED) is 0.815. The predicted molar refractivity (Wildman–Crippen MR) is 80.5 cm³/mol. The summed E-state index contributed by atoms with van der Waals surface area (Å²) in [4.78, 5) is 0. The molecule has 0 aromatic carbocycles. The van der Waals surface area contributed by atoms with Crippen molar-refractivity contribution in [1.29, 1.82) is 0 Å². The second-order valence-electron chi connectivity index (χ2n) is 5.46. The molecule has 0 spiro atoms. The van der Waals surface area contributed by atoms with E-state index in [1.165, 1.54) is 32.1 Å². The highest BCUT2D eigenvalue weighted by molar-refractivity contribution is 7.99. The van der Waals surface area contributed by atoms with Crippen LogP contribution in [0.25, 0.3) is 0 Å². The van der Waals surface area contributed by atoms with E-state index in [0.717, 1.165) is 29.2 Å². The minimum Gasteiger partial charge on any atom is -0.313 e. The summed E-state index contributed by atoms with van der Waals surface area (Å²) in [6.45, 7) is 5.26. The lowest BCUT2D eigenvalue weighted by Gasteiger charge is -2.30. The number of rotatable bonds is 6. The molecule has 1 aromatic heterocycles. The Bertz CT molecular complexity index is 385. The van der Waals surface area contributed by atoms with Crippen molar-refractivity contribution in [3.05, 3.63) is 5.82 Å². The van der Waals surface area contributed by atoms with Gasteiger partial charge in [-0.05, 0) is 32.2 Å². The van der Waals surface area contributed by atoms with Crippen molar-refractivity contribution < 1.29 is 0 Å². The molecule has 19 heavy (non-hydrogen) atoms. The third kappa shape index (κ3) is 3.96. The van der Waals surface area contributed by atoms with Crippen molar-refractivity contribution >= 4 is 11.8 Å². The zero-order valence-electron chi connectivity index (χ0n) is 12.4. The Morgan fingerprint density at radius 3 is 2.63 bits per heavy atom. The molecule has 1 saturated carbocycles. The molecule has 1 atom stereocenters. The van der Waals surface area contributed by atoms with Gasteiger partial charge >= 0.3 is 0 Å². The third-order valence-electron chi connectivity index (χ3n) is 4.13. The Hall–Kier alpha value is -0.550. The molecule has 1 unspecified atom stereocenters. The van der Waals surface area contributed by atoms with Crippen molar-refractivity contribution in [3.63, 3.8) is 0 Å². The number of aryl methyl sites for hydroxylation is 1. The summed E-state index contributed by atoms with van der Waals surface area (Å²) < 4.78 is 2.08.